The van der Waals surface area contributed by atoms with E-state index in [0.717, 1.165) is 25.2 Å². The normalized spacial score (nSPS) is 15.1. The summed E-state index contributed by atoms with van der Waals surface area (Å²) in [4.78, 5) is 11.9. The summed E-state index contributed by atoms with van der Waals surface area (Å²) < 4.78 is 0. The van der Waals surface area contributed by atoms with E-state index in [1.165, 1.54) is 11.1 Å². The Kier molecular flexibility index (Phi) is 3.71. The fourth-order valence-corrected chi connectivity index (χ4v) is 2.24. The highest BCUT2D eigenvalue weighted by Crippen LogP contribution is 2.22. The number of carbonyl (C=O) groups excluding carboxylic acids is 1. The van der Waals surface area contributed by atoms with Crippen molar-refractivity contribution < 1.29 is 4.79 Å². The minimum absolute atomic E-state index is 0.0300. The highest BCUT2D eigenvalue weighted by Gasteiger charge is 2.16. The third-order valence-corrected chi connectivity index (χ3v) is 3.07. The number of nitrogens with one attached hydrogen (secondary N) is 2. The van der Waals surface area contributed by atoms with Crippen LogP contribution in [0.15, 0.2) is 18.2 Å². The lowest BCUT2D eigenvalue weighted by Crippen LogP contribution is -2.24. The van der Waals surface area contributed by atoms with Gasteiger partial charge in [-0.05, 0) is 41.6 Å². The molecule has 18 heavy (non-hydrogen) atoms. The lowest BCUT2D eigenvalue weighted by molar-refractivity contribution is -0.117. The Balaban J connectivity index is 2.04. The fourth-order valence-electron chi connectivity index (χ4n) is 2.24. The Morgan fingerprint density at radius 1 is 1.33 bits per heavy atom. The third-order valence-electron chi connectivity index (χ3n) is 3.07. The van der Waals surface area contributed by atoms with Gasteiger partial charge in [0.05, 0.1) is 0 Å². The van der Waals surface area contributed by atoms with Gasteiger partial charge < -0.3 is 10.6 Å². The van der Waals surface area contributed by atoms with Gasteiger partial charge >= 0.3 is 0 Å². The molecule has 1 amide bonds. The number of hydrogen-bond acceptors (Lipinski definition) is 2. The Bertz CT molecular complexity index is 446. The van der Waals surface area contributed by atoms with E-state index in [9.17, 15) is 4.79 Å². The van der Waals surface area contributed by atoms with Gasteiger partial charge in [0.15, 0.2) is 0 Å². The molecule has 0 bridgehead atoms. The molecule has 0 spiro atoms. The lowest BCUT2D eigenvalue weighted by atomic mass is 9.92. The number of benzene rings is 1. The van der Waals surface area contributed by atoms with Crippen molar-refractivity contribution in [2.45, 2.75) is 40.2 Å². The quantitative estimate of drug-likeness (QED) is 0.842. The molecule has 0 saturated heterocycles. The predicted molar refractivity (Wildman–Crippen MR) is 74.6 cm³/mol. The highest BCUT2D eigenvalue weighted by atomic mass is 16.1. The number of hydrogen-bond donors (Lipinski definition) is 2. The van der Waals surface area contributed by atoms with Crippen molar-refractivity contribution in [3.8, 4) is 0 Å². The van der Waals surface area contributed by atoms with Gasteiger partial charge in [-0.2, -0.15) is 0 Å². The van der Waals surface area contributed by atoms with E-state index in [0.29, 0.717) is 6.42 Å². The van der Waals surface area contributed by atoms with E-state index in [1.54, 1.807) is 0 Å². The SMILES string of the molecule is CC(C)(C)CC(=O)Nc1ccc2c(c1)CCNC2. The Labute approximate surface area is 109 Å². The van der Waals surface area contributed by atoms with Gasteiger partial charge in [0.2, 0.25) is 5.91 Å². The van der Waals surface area contributed by atoms with Crippen molar-refractivity contribution in [2.24, 2.45) is 5.41 Å². The number of carbonyl (C=O) groups is 1. The molecule has 1 aromatic carbocycles. The summed E-state index contributed by atoms with van der Waals surface area (Å²) >= 11 is 0. The molecule has 2 N–H and O–H groups in total. The van der Waals surface area contributed by atoms with Crippen LogP contribution < -0.4 is 10.6 Å². The Morgan fingerprint density at radius 2 is 2.11 bits per heavy atom. The molecule has 1 heterocycles. The summed E-state index contributed by atoms with van der Waals surface area (Å²) in [5.41, 5.74) is 3.64. The highest BCUT2D eigenvalue weighted by molar-refractivity contribution is 5.91. The first-order chi connectivity index (χ1) is 8.44. The van der Waals surface area contributed by atoms with Gasteiger partial charge in [-0.3, -0.25) is 4.79 Å². The van der Waals surface area contributed by atoms with Crippen LogP contribution in [0, 0.1) is 5.41 Å². The van der Waals surface area contributed by atoms with Crippen LogP contribution in [0.5, 0.6) is 0 Å². The second-order valence-corrected chi connectivity index (χ2v) is 6.20. The maximum Gasteiger partial charge on any atom is 0.224 e. The summed E-state index contributed by atoms with van der Waals surface area (Å²) in [5, 5.41) is 6.33. The van der Waals surface area contributed by atoms with E-state index in [-0.39, 0.29) is 11.3 Å². The van der Waals surface area contributed by atoms with Crippen molar-refractivity contribution in [1.29, 1.82) is 0 Å². The van der Waals surface area contributed by atoms with Crippen LogP contribution >= 0.6 is 0 Å². The van der Waals surface area contributed by atoms with Crippen LogP contribution in [0.3, 0.4) is 0 Å². The second kappa shape index (κ2) is 5.11. The molecule has 0 fully saturated rings. The number of amides is 1. The van der Waals surface area contributed by atoms with Gasteiger partial charge in [0.1, 0.15) is 0 Å². The van der Waals surface area contributed by atoms with Gasteiger partial charge in [0.25, 0.3) is 0 Å². The summed E-state index contributed by atoms with van der Waals surface area (Å²) in [7, 11) is 0. The molecule has 0 aliphatic carbocycles. The molecular weight excluding hydrogens is 224 g/mol. The van der Waals surface area contributed by atoms with Crippen molar-refractivity contribution >= 4 is 11.6 Å². The summed E-state index contributed by atoms with van der Waals surface area (Å²) in [5.74, 6) is 0.0939. The van der Waals surface area contributed by atoms with Crippen LogP contribution in [-0.4, -0.2) is 12.5 Å². The Morgan fingerprint density at radius 3 is 2.83 bits per heavy atom. The standard InChI is InChI=1S/C15H22N2O/c1-15(2,3)9-14(18)17-13-5-4-12-10-16-7-6-11(12)8-13/h4-5,8,16H,6-7,9-10H2,1-3H3,(H,17,18). The van der Waals surface area contributed by atoms with Crippen LogP contribution in [0.4, 0.5) is 5.69 Å². The number of rotatable bonds is 2. The molecule has 3 nitrogen and oxygen atoms in total. The monoisotopic (exact) mass is 246 g/mol. The van der Waals surface area contributed by atoms with Gasteiger partial charge in [0, 0.05) is 18.7 Å². The van der Waals surface area contributed by atoms with E-state index >= 15 is 0 Å². The molecular formula is C15H22N2O. The predicted octanol–water partition coefficient (Wildman–Crippen LogP) is 2.71. The summed E-state index contributed by atoms with van der Waals surface area (Å²) in [6, 6.07) is 6.21. The maximum atomic E-state index is 11.9. The van der Waals surface area contributed by atoms with Gasteiger partial charge in [-0.25, -0.2) is 0 Å². The molecule has 0 aromatic heterocycles. The summed E-state index contributed by atoms with van der Waals surface area (Å²) in [6.45, 7) is 8.18. The molecule has 98 valence electrons. The van der Waals surface area contributed by atoms with Crippen molar-refractivity contribution in [2.75, 3.05) is 11.9 Å². The fraction of sp³-hybridized carbons (Fsp3) is 0.533. The first kappa shape index (κ1) is 13.1. The lowest BCUT2D eigenvalue weighted by Gasteiger charge is -2.20. The van der Waals surface area contributed by atoms with Crippen LogP contribution in [0.25, 0.3) is 0 Å². The molecule has 1 aliphatic heterocycles. The van der Waals surface area contributed by atoms with E-state index in [2.05, 4.69) is 43.5 Å². The minimum Gasteiger partial charge on any atom is -0.326 e. The number of anilines is 1. The van der Waals surface area contributed by atoms with Crippen molar-refractivity contribution in [3.63, 3.8) is 0 Å². The first-order valence-electron chi connectivity index (χ1n) is 6.56. The molecule has 0 atom stereocenters. The average Bonchev–Trinajstić information content (AvgIpc) is 2.26. The summed E-state index contributed by atoms with van der Waals surface area (Å²) in [6.07, 6.45) is 1.59. The Hall–Kier alpha value is -1.35. The minimum atomic E-state index is 0.0300. The van der Waals surface area contributed by atoms with E-state index < -0.39 is 0 Å². The topological polar surface area (TPSA) is 41.1 Å². The first-order valence-corrected chi connectivity index (χ1v) is 6.56. The van der Waals surface area contributed by atoms with E-state index in [4.69, 9.17) is 0 Å². The smallest absolute Gasteiger partial charge is 0.224 e. The zero-order valence-corrected chi connectivity index (χ0v) is 11.5. The molecule has 0 unspecified atom stereocenters. The van der Waals surface area contributed by atoms with Crippen LogP contribution in [0.1, 0.15) is 38.3 Å². The molecule has 1 aliphatic rings. The van der Waals surface area contributed by atoms with Crippen molar-refractivity contribution in [3.05, 3.63) is 29.3 Å². The molecule has 2 rings (SSSR count). The zero-order valence-electron chi connectivity index (χ0n) is 11.5. The maximum absolute atomic E-state index is 11.9. The van der Waals surface area contributed by atoms with Gasteiger partial charge in [-0.15, -0.1) is 0 Å². The average molecular weight is 246 g/mol. The number of fused-ring (bicyclic) bond motifs is 1. The van der Waals surface area contributed by atoms with Gasteiger partial charge in [-0.1, -0.05) is 26.8 Å². The van der Waals surface area contributed by atoms with E-state index in [1.807, 2.05) is 6.07 Å². The zero-order chi connectivity index (χ0) is 13.2. The molecule has 1 aromatic rings. The third kappa shape index (κ3) is 3.57. The second-order valence-electron chi connectivity index (χ2n) is 6.20. The van der Waals surface area contributed by atoms with Crippen molar-refractivity contribution in [1.82, 2.24) is 5.32 Å². The van der Waals surface area contributed by atoms with Crippen LogP contribution in [0.2, 0.25) is 0 Å². The molecule has 0 saturated carbocycles. The largest absolute Gasteiger partial charge is 0.326 e. The molecule has 3 heteroatoms. The molecule has 0 radical (unpaired) electrons. The van der Waals surface area contributed by atoms with Crippen LogP contribution in [-0.2, 0) is 17.8 Å².